The number of aromatic nitrogens is 1. The Labute approximate surface area is 93.1 Å². The molecule has 0 bridgehead atoms. The molecule has 0 aromatic carbocycles. The van der Waals surface area contributed by atoms with Gasteiger partial charge in [0.2, 0.25) is 10.0 Å². The van der Waals surface area contributed by atoms with E-state index in [1.54, 1.807) is 18.3 Å². The van der Waals surface area contributed by atoms with Crippen LogP contribution in [0.25, 0.3) is 0 Å². The van der Waals surface area contributed by atoms with Crippen molar-refractivity contribution < 1.29 is 8.42 Å². The zero-order valence-corrected chi connectivity index (χ0v) is 10.4. The Hall–Kier alpha value is -0.140. The number of nitrogens with zero attached hydrogens (tertiary/aromatic N) is 1. The van der Waals surface area contributed by atoms with E-state index in [1.165, 1.54) is 0 Å². The minimum absolute atomic E-state index is 0.138. The fourth-order valence-electron chi connectivity index (χ4n) is 0.657. The summed E-state index contributed by atoms with van der Waals surface area (Å²) < 4.78 is 24.9. The van der Waals surface area contributed by atoms with Gasteiger partial charge in [-0.2, -0.15) is 0 Å². The standard InChI is InChI=1S/C6H6Br2N2O2S/c7-4-13(11,12)10-5-2-1-3-9-6(5)8/h1-3,10H,4H2. The van der Waals surface area contributed by atoms with Crippen LogP contribution in [-0.4, -0.2) is 18.1 Å². The van der Waals surface area contributed by atoms with E-state index in [9.17, 15) is 8.42 Å². The third-order valence-electron chi connectivity index (χ3n) is 1.17. The van der Waals surface area contributed by atoms with Crippen molar-refractivity contribution in [2.45, 2.75) is 0 Å². The SMILES string of the molecule is O=S(=O)(CBr)Nc1cccnc1Br. The molecule has 13 heavy (non-hydrogen) atoms. The maximum Gasteiger partial charge on any atom is 0.242 e. The maximum absolute atomic E-state index is 11.1. The average Bonchev–Trinajstić information content (AvgIpc) is 2.09. The van der Waals surface area contributed by atoms with Crippen LogP contribution in [0.1, 0.15) is 0 Å². The fourth-order valence-corrected chi connectivity index (χ4v) is 2.04. The Morgan fingerprint density at radius 3 is 2.77 bits per heavy atom. The van der Waals surface area contributed by atoms with E-state index in [-0.39, 0.29) is 4.66 Å². The summed E-state index contributed by atoms with van der Waals surface area (Å²) in [7, 11) is -3.30. The minimum atomic E-state index is -3.30. The van der Waals surface area contributed by atoms with Crippen LogP contribution in [-0.2, 0) is 10.0 Å². The first-order valence-corrected chi connectivity index (χ1v) is 6.79. The van der Waals surface area contributed by atoms with E-state index in [2.05, 4.69) is 41.6 Å². The topological polar surface area (TPSA) is 59.1 Å². The molecule has 0 unspecified atom stereocenters. The Morgan fingerprint density at radius 2 is 2.23 bits per heavy atom. The second kappa shape index (κ2) is 4.39. The van der Waals surface area contributed by atoms with Crippen LogP contribution < -0.4 is 4.72 Å². The van der Waals surface area contributed by atoms with Gasteiger partial charge >= 0.3 is 0 Å². The highest BCUT2D eigenvalue weighted by Crippen LogP contribution is 2.19. The Bertz CT molecular complexity index is 393. The van der Waals surface area contributed by atoms with E-state index in [0.29, 0.717) is 10.3 Å². The van der Waals surface area contributed by atoms with Crippen LogP contribution in [0.15, 0.2) is 22.9 Å². The summed E-state index contributed by atoms with van der Waals surface area (Å²) in [6.45, 7) is 0. The van der Waals surface area contributed by atoms with Gasteiger partial charge in [-0.25, -0.2) is 13.4 Å². The number of rotatable bonds is 3. The van der Waals surface area contributed by atoms with Crippen LogP contribution in [0, 0.1) is 0 Å². The molecule has 0 atom stereocenters. The van der Waals surface area contributed by atoms with Crippen molar-refractivity contribution in [1.82, 2.24) is 4.98 Å². The second-order valence-corrected chi connectivity index (χ2v) is 5.94. The number of sulfonamides is 1. The number of halogens is 2. The number of hydrogen-bond donors (Lipinski definition) is 1. The van der Waals surface area contributed by atoms with E-state index >= 15 is 0 Å². The number of anilines is 1. The fraction of sp³-hybridized carbons (Fsp3) is 0.167. The zero-order valence-electron chi connectivity index (χ0n) is 6.37. The molecule has 4 nitrogen and oxygen atoms in total. The predicted octanol–water partition coefficient (Wildman–Crippen LogP) is 1.94. The van der Waals surface area contributed by atoms with E-state index in [1.807, 2.05) is 0 Å². The summed E-state index contributed by atoms with van der Waals surface area (Å²) >= 11 is 5.99. The van der Waals surface area contributed by atoms with Gasteiger partial charge in [0, 0.05) is 6.20 Å². The quantitative estimate of drug-likeness (QED) is 0.681. The lowest BCUT2D eigenvalue weighted by atomic mass is 10.4. The smallest absolute Gasteiger partial charge is 0.242 e. The van der Waals surface area contributed by atoms with Crippen LogP contribution in [0.2, 0.25) is 0 Å². The number of pyridine rings is 1. The first kappa shape index (κ1) is 10.9. The molecular weight excluding hydrogens is 324 g/mol. The molecule has 0 fully saturated rings. The highest BCUT2D eigenvalue weighted by atomic mass is 79.9. The second-order valence-electron chi connectivity index (χ2n) is 2.17. The molecule has 1 aromatic heterocycles. The van der Waals surface area contributed by atoms with E-state index in [0.717, 1.165) is 0 Å². The van der Waals surface area contributed by atoms with Gasteiger partial charge in [0.1, 0.15) is 9.27 Å². The summed E-state index contributed by atoms with van der Waals surface area (Å²) in [5.74, 6) is 0. The van der Waals surface area contributed by atoms with Crippen molar-refractivity contribution >= 4 is 47.6 Å². The first-order chi connectivity index (χ1) is 6.05. The highest BCUT2D eigenvalue weighted by Gasteiger charge is 2.09. The van der Waals surface area contributed by atoms with Gasteiger partial charge in [0.05, 0.1) is 5.69 Å². The predicted molar refractivity (Wildman–Crippen MR) is 58.3 cm³/mol. The Balaban J connectivity index is 2.93. The Kier molecular flexibility index (Phi) is 3.69. The molecule has 0 saturated carbocycles. The van der Waals surface area contributed by atoms with E-state index < -0.39 is 10.0 Å². The van der Waals surface area contributed by atoms with Gasteiger partial charge in [-0.05, 0) is 28.1 Å². The number of nitrogens with one attached hydrogen (secondary N) is 1. The number of hydrogen-bond acceptors (Lipinski definition) is 3. The highest BCUT2D eigenvalue weighted by molar-refractivity contribution is 9.11. The molecule has 0 aliphatic rings. The van der Waals surface area contributed by atoms with Crippen molar-refractivity contribution in [3.63, 3.8) is 0 Å². The van der Waals surface area contributed by atoms with Crippen LogP contribution in [0.3, 0.4) is 0 Å². The summed E-state index contributed by atoms with van der Waals surface area (Å²) in [5, 5.41) is 0. The third kappa shape index (κ3) is 3.24. The largest absolute Gasteiger partial charge is 0.280 e. The molecule has 1 aromatic rings. The lowest BCUT2D eigenvalue weighted by molar-refractivity contribution is 0.606. The summed E-state index contributed by atoms with van der Waals surface area (Å²) in [6, 6.07) is 3.27. The van der Waals surface area contributed by atoms with Gasteiger partial charge in [-0.15, -0.1) is 0 Å². The molecule has 0 aliphatic heterocycles. The normalized spacial score (nSPS) is 11.2. The van der Waals surface area contributed by atoms with Gasteiger partial charge in [0.25, 0.3) is 0 Å². The van der Waals surface area contributed by atoms with E-state index in [4.69, 9.17) is 0 Å². The van der Waals surface area contributed by atoms with Crippen LogP contribution in [0.4, 0.5) is 5.69 Å². The molecule has 7 heteroatoms. The molecule has 0 saturated heterocycles. The van der Waals surface area contributed by atoms with Crippen molar-refractivity contribution in [3.05, 3.63) is 22.9 Å². The maximum atomic E-state index is 11.1. The molecule has 72 valence electrons. The third-order valence-corrected chi connectivity index (χ3v) is 4.43. The molecule has 0 amide bonds. The lowest BCUT2D eigenvalue weighted by Crippen LogP contribution is -2.13. The monoisotopic (exact) mass is 328 g/mol. The number of alkyl halides is 1. The molecule has 1 N–H and O–H groups in total. The summed E-state index contributed by atoms with van der Waals surface area (Å²) in [4.78, 5) is 3.87. The van der Waals surface area contributed by atoms with Crippen molar-refractivity contribution in [2.75, 3.05) is 9.38 Å². The lowest BCUT2D eigenvalue weighted by Gasteiger charge is -2.05. The summed E-state index contributed by atoms with van der Waals surface area (Å²) in [6.07, 6.45) is 1.57. The molecule has 0 spiro atoms. The molecule has 0 aliphatic carbocycles. The van der Waals surface area contributed by atoms with Gasteiger partial charge in [-0.3, -0.25) is 4.72 Å². The van der Waals surface area contributed by atoms with Gasteiger partial charge < -0.3 is 0 Å². The molecule has 0 radical (unpaired) electrons. The zero-order chi connectivity index (χ0) is 9.90. The Morgan fingerprint density at radius 1 is 1.54 bits per heavy atom. The summed E-state index contributed by atoms with van der Waals surface area (Å²) in [5.41, 5.74) is 0.432. The van der Waals surface area contributed by atoms with Gasteiger partial charge in [-0.1, -0.05) is 15.9 Å². The van der Waals surface area contributed by atoms with Crippen LogP contribution in [0.5, 0.6) is 0 Å². The van der Waals surface area contributed by atoms with Crippen molar-refractivity contribution in [2.24, 2.45) is 0 Å². The van der Waals surface area contributed by atoms with Crippen LogP contribution >= 0.6 is 31.9 Å². The average molecular weight is 330 g/mol. The van der Waals surface area contributed by atoms with Gasteiger partial charge in [0.15, 0.2) is 0 Å². The van der Waals surface area contributed by atoms with Crippen molar-refractivity contribution in [1.29, 1.82) is 0 Å². The molecular formula is C6H6Br2N2O2S. The minimum Gasteiger partial charge on any atom is -0.280 e. The molecule has 1 rings (SSSR count). The molecule has 1 heterocycles. The first-order valence-electron chi connectivity index (χ1n) is 3.22. The van der Waals surface area contributed by atoms with Crippen molar-refractivity contribution in [3.8, 4) is 0 Å².